The van der Waals surface area contributed by atoms with Crippen LogP contribution in [0.1, 0.15) is 17.4 Å². The summed E-state index contributed by atoms with van der Waals surface area (Å²) >= 11 is 1.36. The standard InChI is InChI=1S/C9H16N4O2S.2ClH/c1-3-15-8(14)6-7(11-2)16-9(13-6)12-5-4-10;;/h11H,3-5,10H2,1-2H3,(H,12,13);2*1H. The van der Waals surface area contributed by atoms with Gasteiger partial charge in [0.15, 0.2) is 10.8 Å². The van der Waals surface area contributed by atoms with Crippen molar-refractivity contribution in [1.29, 1.82) is 0 Å². The Balaban J connectivity index is 0. The van der Waals surface area contributed by atoms with Crippen LogP contribution in [0.3, 0.4) is 0 Å². The van der Waals surface area contributed by atoms with Crippen LogP contribution in [-0.2, 0) is 4.74 Å². The number of hydrogen-bond donors (Lipinski definition) is 3. The lowest BCUT2D eigenvalue weighted by molar-refractivity contribution is 0.0521. The summed E-state index contributed by atoms with van der Waals surface area (Å²) in [5.74, 6) is -0.413. The number of nitrogens with zero attached hydrogens (tertiary/aromatic N) is 1. The van der Waals surface area contributed by atoms with E-state index in [9.17, 15) is 4.79 Å². The topological polar surface area (TPSA) is 89.3 Å². The average molecular weight is 317 g/mol. The summed E-state index contributed by atoms with van der Waals surface area (Å²) < 4.78 is 4.90. The van der Waals surface area contributed by atoms with Gasteiger partial charge in [-0.3, -0.25) is 0 Å². The Kier molecular flexibility index (Phi) is 11.1. The molecule has 1 aromatic heterocycles. The summed E-state index contributed by atoms with van der Waals surface area (Å²) in [6.07, 6.45) is 0. The first-order chi connectivity index (χ1) is 7.72. The number of esters is 1. The summed E-state index contributed by atoms with van der Waals surface area (Å²) in [6.45, 7) is 3.24. The minimum Gasteiger partial charge on any atom is -0.461 e. The highest BCUT2D eigenvalue weighted by Gasteiger charge is 2.18. The lowest BCUT2D eigenvalue weighted by atomic mass is 10.4. The van der Waals surface area contributed by atoms with Crippen molar-refractivity contribution in [3.05, 3.63) is 5.69 Å². The molecule has 0 spiro atoms. The van der Waals surface area contributed by atoms with Gasteiger partial charge in [-0.15, -0.1) is 24.8 Å². The quantitative estimate of drug-likeness (QED) is 0.690. The van der Waals surface area contributed by atoms with E-state index >= 15 is 0 Å². The molecule has 1 rings (SSSR count). The van der Waals surface area contributed by atoms with Gasteiger partial charge in [-0.25, -0.2) is 9.78 Å². The summed E-state index contributed by atoms with van der Waals surface area (Å²) in [5.41, 5.74) is 5.68. The van der Waals surface area contributed by atoms with Crippen molar-refractivity contribution in [1.82, 2.24) is 4.98 Å². The van der Waals surface area contributed by atoms with Gasteiger partial charge in [0.05, 0.1) is 6.61 Å². The molecule has 0 unspecified atom stereocenters. The van der Waals surface area contributed by atoms with E-state index in [1.807, 2.05) is 0 Å². The van der Waals surface area contributed by atoms with Crippen LogP contribution in [0.15, 0.2) is 0 Å². The zero-order valence-electron chi connectivity index (χ0n) is 10.2. The van der Waals surface area contributed by atoms with Gasteiger partial charge in [-0.2, -0.15) is 0 Å². The van der Waals surface area contributed by atoms with Crippen LogP contribution in [0, 0.1) is 0 Å². The third-order valence-corrected chi connectivity index (χ3v) is 2.77. The zero-order chi connectivity index (χ0) is 12.0. The van der Waals surface area contributed by atoms with Crippen LogP contribution in [-0.4, -0.2) is 37.7 Å². The van der Waals surface area contributed by atoms with Crippen LogP contribution >= 0.6 is 36.2 Å². The number of ether oxygens (including phenoxy) is 1. The molecule has 0 bridgehead atoms. The molecule has 18 heavy (non-hydrogen) atoms. The summed E-state index contributed by atoms with van der Waals surface area (Å²) in [6, 6.07) is 0. The second-order valence-corrected chi connectivity index (χ2v) is 3.88. The Morgan fingerprint density at radius 2 is 2.17 bits per heavy atom. The van der Waals surface area contributed by atoms with Gasteiger partial charge < -0.3 is 21.1 Å². The highest BCUT2D eigenvalue weighted by molar-refractivity contribution is 7.19. The normalized spacial score (nSPS) is 8.83. The monoisotopic (exact) mass is 316 g/mol. The highest BCUT2D eigenvalue weighted by atomic mass is 35.5. The molecule has 0 aliphatic heterocycles. The molecule has 0 atom stereocenters. The van der Waals surface area contributed by atoms with Gasteiger partial charge in [0, 0.05) is 20.1 Å². The van der Waals surface area contributed by atoms with Gasteiger partial charge in [0.2, 0.25) is 0 Å². The first kappa shape index (κ1) is 19.6. The molecule has 0 aliphatic carbocycles. The molecule has 0 aliphatic rings. The first-order valence-corrected chi connectivity index (χ1v) is 5.84. The van der Waals surface area contributed by atoms with Gasteiger partial charge in [-0.1, -0.05) is 11.3 Å². The number of carbonyl (C=O) groups excluding carboxylic acids is 1. The fourth-order valence-corrected chi connectivity index (χ4v) is 1.91. The van der Waals surface area contributed by atoms with E-state index < -0.39 is 5.97 Å². The van der Waals surface area contributed by atoms with Crippen molar-refractivity contribution in [3.63, 3.8) is 0 Å². The van der Waals surface area contributed by atoms with Crippen molar-refractivity contribution in [2.24, 2.45) is 5.73 Å². The van der Waals surface area contributed by atoms with Gasteiger partial charge >= 0.3 is 5.97 Å². The predicted molar refractivity (Wildman–Crippen MR) is 79.7 cm³/mol. The number of aromatic nitrogens is 1. The summed E-state index contributed by atoms with van der Waals surface area (Å²) in [7, 11) is 1.74. The molecule has 0 saturated carbocycles. The number of anilines is 2. The van der Waals surface area contributed by atoms with Crippen molar-refractivity contribution in [2.45, 2.75) is 6.92 Å². The van der Waals surface area contributed by atoms with Gasteiger partial charge in [0.1, 0.15) is 5.00 Å². The van der Waals surface area contributed by atoms with Crippen LogP contribution in [0.4, 0.5) is 10.1 Å². The Hall–Kier alpha value is -0.760. The number of carbonyl (C=O) groups is 1. The van der Waals surface area contributed by atoms with Gasteiger partial charge in [0.25, 0.3) is 0 Å². The van der Waals surface area contributed by atoms with Crippen molar-refractivity contribution >= 4 is 52.3 Å². The molecule has 0 radical (unpaired) electrons. The molecule has 9 heteroatoms. The number of hydrogen-bond acceptors (Lipinski definition) is 7. The molecular formula is C9H18Cl2N4O2S. The molecular weight excluding hydrogens is 299 g/mol. The van der Waals surface area contributed by atoms with Crippen LogP contribution in [0.2, 0.25) is 0 Å². The van der Waals surface area contributed by atoms with Crippen LogP contribution in [0.5, 0.6) is 0 Å². The highest BCUT2D eigenvalue weighted by Crippen LogP contribution is 2.28. The average Bonchev–Trinajstić information content (AvgIpc) is 2.70. The van der Waals surface area contributed by atoms with E-state index in [2.05, 4.69) is 15.6 Å². The van der Waals surface area contributed by atoms with Crippen LogP contribution in [0.25, 0.3) is 0 Å². The molecule has 0 amide bonds. The fraction of sp³-hybridized carbons (Fsp3) is 0.556. The summed E-state index contributed by atoms with van der Waals surface area (Å²) in [4.78, 5) is 15.7. The van der Waals surface area contributed by atoms with E-state index in [-0.39, 0.29) is 24.8 Å². The zero-order valence-corrected chi connectivity index (χ0v) is 12.6. The minimum absolute atomic E-state index is 0. The first-order valence-electron chi connectivity index (χ1n) is 5.02. The maximum Gasteiger partial charge on any atom is 0.360 e. The SMILES string of the molecule is CCOC(=O)c1nc(NCCN)sc1NC.Cl.Cl. The number of nitrogens with one attached hydrogen (secondary N) is 2. The Bertz CT molecular complexity index is 362. The number of halogens is 2. The molecule has 0 aromatic carbocycles. The molecule has 1 heterocycles. The second kappa shape index (κ2) is 10.2. The van der Waals surface area contributed by atoms with Gasteiger partial charge in [-0.05, 0) is 6.92 Å². The molecule has 0 fully saturated rings. The van der Waals surface area contributed by atoms with Crippen molar-refractivity contribution in [3.8, 4) is 0 Å². The van der Waals surface area contributed by atoms with E-state index in [4.69, 9.17) is 10.5 Å². The lowest BCUT2D eigenvalue weighted by Crippen LogP contribution is -2.13. The maximum absolute atomic E-state index is 11.5. The fourth-order valence-electron chi connectivity index (χ4n) is 1.08. The number of rotatable bonds is 6. The van der Waals surface area contributed by atoms with Crippen molar-refractivity contribution < 1.29 is 9.53 Å². The van der Waals surface area contributed by atoms with Crippen molar-refractivity contribution in [2.75, 3.05) is 37.4 Å². The molecule has 106 valence electrons. The molecule has 1 aromatic rings. The maximum atomic E-state index is 11.5. The van der Waals surface area contributed by atoms with E-state index in [1.54, 1.807) is 14.0 Å². The Morgan fingerprint density at radius 1 is 1.50 bits per heavy atom. The molecule has 0 saturated heterocycles. The molecule has 4 N–H and O–H groups in total. The Labute approximate surface area is 123 Å². The van der Waals surface area contributed by atoms with E-state index in [1.165, 1.54) is 11.3 Å². The number of thiazole rings is 1. The third-order valence-electron chi connectivity index (χ3n) is 1.74. The molecule has 6 nitrogen and oxygen atoms in total. The van der Waals surface area contributed by atoms with E-state index in [0.717, 1.165) is 0 Å². The largest absolute Gasteiger partial charge is 0.461 e. The third kappa shape index (κ3) is 5.26. The van der Waals surface area contributed by atoms with Crippen LogP contribution < -0.4 is 16.4 Å². The second-order valence-electron chi connectivity index (χ2n) is 2.88. The summed E-state index contributed by atoms with van der Waals surface area (Å²) in [5, 5.41) is 7.29. The number of nitrogens with two attached hydrogens (primary N) is 1. The van der Waals surface area contributed by atoms with E-state index in [0.29, 0.717) is 35.5 Å². The lowest BCUT2D eigenvalue weighted by Gasteiger charge is -2.00. The Morgan fingerprint density at radius 3 is 2.67 bits per heavy atom. The predicted octanol–water partition coefficient (Wildman–Crippen LogP) is 1.58. The smallest absolute Gasteiger partial charge is 0.360 e. The minimum atomic E-state index is -0.413.